The van der Waals surface area contributed by atoms with Crippen molar-refractivity contribution in [1.29, 1.82) is 0 Å². The highest BCUT2D eigenvalue weighted by atomic mass is 16.6. The molecule has 0 unspecified atom stereocenters. The fourth-order valence-electron chi connectivity index (χ4n) is 1.84. The summed E-state index contributed by atoms with van der Waals surface area (Å²) in [5.41, 5.74) is 0. The van der Waals surface area contributed by atoms with Gasteiger partial charge in [-0.25, -0.2) is 0 Å². The van der Waals surface area contributed by atoms with Crippen LogP contribution in [0.2, 0.25) is 0 Å². The van der Waals surface area contributed by atoms with Gasteiger partial charge in [0.05, 0.1) is 92.5 Å². The van der Waals surface area contributed by atoms with Gasteiger partial charge in [-0.2, -0.15) is 0 Å². The number of amides is 1. The van der Waals surface area contributed by atoms with E-state index in [9.17, 15) is 9.59 Å². The summed E-state index contributed by atoms with van der Waals surface area (Å²) >= 11 is 0. The number of nitrogens with one attached hydrogen (secondary N) is 1. The number of rotatable bonds is 24. The van der Waals surface area contributed by atoms with Gasteiger partial charge in [0.1, 0.15) is 6.29 Å². The van der Waals surface area contributed by atoms with Crippen LogP contribution in [0.15, 0.2) is 0 Å². The first-order valence-electron chi connectivity index (χ1n) is 9.99. The van der Waals surface area contributed by atoms with Crippen LogP contribution < -0.4 is 5.32 Å². The van der Waals surface area contributed by atoms with Gasteiger partial charge >= 0.3 is 0 Å². The highest BCUT2D eigenvalue weighted by Gasteiger charge is 1.97. The van der Waals surface area contributed by atoms with Crippen molar-refractivity contribution in [1.82, 2.24) is 5.32 Å². The van der Waals surface area contributed by atoms with Gasteiger partial charge in [-0.1, -0.05) is 0 Å². The van der Waals surface area contributed by atoms with Crippen LogP contribution in [0, 0.1) is 0 Å². The molecular weight excluding hydrogens is 386 g/mol. The average molecular weight is 424 g/mol. The van der Waals surface area contributed by atoms with Gasteiger partial charge in [0.2, 0.25) is 5.91 Å². The van der Waals surface area contributed by atoms with Crippen molar-refractivity contribution in [2.45, 2.75) is 12.8 Å². The Bertz CT molecular complexity index is 359. The van der Waals surface area contributed by atoms with Crippen LogP contribution in [0.4, 0.5) is 0 Å². The SMILES string of the molecule is CNC(=O)CCOCCOCCOCCOCCOCCOCCOCCC=O. The first kappa shape index (κ1) is 27.9. The molecular formula is C19H37NO9. The van der Waals surface area contributed by atoms with Gasteiger partial charge in [0.15, 0.2) is 0 Å². The van der Waals surface area contributed by atoms with E-state index in [-0.39, 0.29) is 5.91 Å². The molecule has 0 atom stereocenters. The Morgan fingerprint density at radius 3 is 1.21 bits per heavy atom. The molecule has 0 bridgehead atoms. The van der Waals surface area contributed by atoms with E-state index in [4.69, 9.17) is 33.2 Å². The Hall–Kier alpha value is -1.14. The third-order valence-electron chi connectivity index (χ3n) is 3.36. The maximum absolute atomic E-state index is 11.0. The summed E-state index contributed by atoms with van der Waals surface area (Å²) in [7, 11) is 1.60. The average Bonchev–Trinajstić information content (AvgIpc) is 2.74. The molecule has 0 saturated heterocycles. The van der Waals surface area contributed by atoms with E-state index in [0.29, 0.717) is 105 Å². The van der Waals surface area contributed by atoms with Gasteiger partial charge in [-0.3, -0.25) is 4.79 Å². The van der Waals surface area contributed by atoms with E-state index in [1.54, 1.807) is 7.05 Å². The number of ether oxygens (including phenoxy) is 7. The number of carbonyl (C=O) groups excluding carboxylic acids is 2. The molecule has 0 aromatic carbocycles. The molecule has 0 aromatic heterocycles. The zero-order chi connectivity index (χ0) is 21.3. The van der Waals surface area contributed by atoms with Gasteiger partial charge < -0.3 is 43.3 Å². The number of carbonyl (C=O) groups is 2. The molecule has 10 nitrogen and oxygen atoms in total. The molecule has 0 aliphatic heterocycles. The quantitative estimate of drug-likeness (QED) is 0.167. The third kappa shape index (κ3) is 24.8. The van der Waals surface area contributed by atoms with E-state index in [0.717, 1.165) is 6.29 Å². The predicted molar refractivity (Wildman–Crippen MR) is 105 cm³/mol. The van der Waals surface area contributed by atoms with Crippen LogP contribution in [-0.2, 0) is 42.7 Å². The molecule has 1 amide bonds. The Labute approximate surface area is 173 Å². The van der Waals surface area contributed by atoms with Crippen LogP contribution >= 0.6 is 0 Å². The minimum Gasteiger partial charge on any atom is -0.379 e. The van der Waals surface area contributed by atoms with Crippen molar-refractivity contribution in [3.8, 4) is 0 Å². The summed E-state index contributed by atoms with van der Waals surface area (Å²) in [6.45, 7) is 6.73. The molecule has 0 fully saturated rings. The standard InChI is InChI=1S/C19H37NO9/c1-20-19(22)3-6-24-8-10-26-12-14-28-16-18-29-17-15-27-13-11-25-9-7-23-5-2-4-21/h4H,2-3,5-18H2,1H3,(H,20,22). The molecule has 0 heterocycles. The Morgan fingerprint density at radius 1 is 0.586 bits per heavy atom. The normalized spacial score (nSPS) is 10.9. The van der Waals surface area contributed by atoms with Crippen molar-refractivity contribution in [2.75, 3.05) is 99.5 Å². The summed E-state index contributed by atoms with van der Waals surface area (Å²) < 4.78 is 37.2. The van der Waals surface area contributed by atoms with Crippen LogP contribution in [0.5, 0.6) is 0 Å². The molecule has 0 aliphatic carbocycles. The van der Waals surface area contributed by atoms with Gasteiger partial charge in [0.25, 0.3) is 0 Å². The molecule has 0 saturated carbocycles. The summed E-state index contributed by atoms with van der Waals surface area (Å²) in [6.07, 6.45) is 1.61. The van der Waals surface area contributed by atoms with Crippen LogP contribution in [0.3, 0.4) is 0 Å². The Kier molecular flexibility index (Phi) is 23.9. The van der Waals surface area contributed by atoms with Crippen LogP contribution in [0.1, 0.15) is 12.8 Å². The van der Waals surface area contributed by atoms with Crippen LogP contribution in [-0.4, -0.2) is 112 Å². The first-order chi connectivity index (χ1) is 14.3. The highest BCUT2D eigenvalue weighted by Crippen LogP contribution is 1.86. The topological polar surface area (TPSA) is 111 Å². The summed E-state index contributed by atoms with van der Waals surface area (Å²) in [4.78, 5) is 21.0. The van der Waals surface area contributed by atoms with Crippen molar-refractivity contribution in [3.05, 3.63) is 0 Å². The molecule has 172 valence electrons. The van der Waals surface area contributed by atoms with Crippen LogP contribution in [0.25, 0.3) is 0 Å². The van der Waals surface area contributed by atoms with Gasteiger partial charge in [-0.05, 0) is 0 Å². The van der Waals surface area contributed by atoms with Gasteiger partial charge in [0, 0.05) is 19.9 Å². The fraction of sp³-hybridized carbons (Fsp3) is 0.895. The van der Waals surface area contributed by atoms with Crippen molar-refractivity contribution in [3.63, 3.8) is 0 Å². The second-order valence-corrected chi connectivity index (χ2v) is 5.67. The van der Waals surface area contributed by atoms with Gasteiger partial charge in [-0.15, -0.1) is 0 Å². The molecule has 0 rings (SSSR count). The smallest absolute Gasteiger partial charge is 0.222 e. The lowest BCUT2D eigenvalue weighted by atomic mass is 10.4. The fourth-order valence-corrected chi connectivity index (χ4v) is 1.84. The van der Waals surface area contributed by atoms with E-state index >= 15 is 0 Å². The lowest BCUT2D eigenvalue weighted by Crippen LogP contribution is -2.20. The maximum atomic E-state index is 11.0. The molecule has 10 heteroatoms. The molecule has 1 N–H and O–H groups in total. The molecule has 0 aromatic rings. The van der Waals surface area contributed by atoms with E-state index in [1.807, 2.05) is 0 Å². The summed E-state index contributed by atoms with van der Waals surface area (Å²) in [6, 6.07) is 0. The largest absolute Gasteiger partial charge is 0.379 e. The minimum absolute atomic E-state index is 0.0349. The van der Waals surface area contributed by atoms with E-state index in [1.165, 1.54) is 0 Å². The lowest BCUT2D eigenvalue weighted by molar-refractivity contribution is -0.121. The number of hydrogen-bond donors (Lipinski definition) is 1. The van der Waals surface area contributed by atoms with Crippen molar-refractivity contribution >= 4 is 12.2 Å². The Balaban J connectivity index is 3.01. The summed E-state index contributed by atoms with van der Waals surface area (Å²) in [5, 5.41) is 2.53. The molecule has 0 spiro atoms. The minimum atomic E-state index is -0.0349. The molecule has 29 heavy (non-hydrogen) atoms. The summed E-state index contributed by atoms with van der Waals surface area (Å²) in [5.74, 6) is -0.0349. The second-order valence-electron chi connectivity index (χ2n) is 5.67. The first-order valence-corrected chi connectivity index (χ1v) is 9.99. The third-order valence-corrected chi connectivity index (χ3v) is 3.36. The zero-order valence-electron chi connectivity index (χ0n) is 17.6. The second kappa shape index (κ2) is 24.9. The lowest BCUT2D eigenvalue weighted by Gasteiger charge is -2.08. The Morgan fingerprint density at radius 2 is 0.897 bits per heavy atom. The maximum Gasteiger partial charge on any atom is 0.222 e. The van der Waals surface area contributed by atoms with E-state index < -0.39 is 0 Å². The molecule has 0 aliphatic rings. The van der Waals surface area contributed by atoms with Crippen molar-refractivity contribution in [2.24, 2.45) is 0 Å². The molecule has 0 radical (unpaired) electrons. The number of hydrogen-bond acceptors (Lipinski definition) is 9. The number of aldehydes is 1. The monoisotopic (exact) mass is 423 g/mol. The van der Waals surface area contributed by atoms with E-state index in [2.05, 4.69) is 5.32 Å². The van der Waals surface area contributed by atoms with Crippen molar-refractivity contribution < 1.29 is 42.7 Å². The highest BCUT2D eigenvalue weighted by molar-refractivity contribution is 5.75. The zero-order valence-corrected chi connectivity index (χ0v) is 17.6. The predicted octanol–water partition coefficient (Wildman–Crippen LogP) is -0.172.